The van der Waals surface area contributed by atoms with Crippen LogP contribution < -0.4 is 4.90 Å². The smallest absolute Gasteiger partial charge is 0.142 e. The van der Waals surface area contributed by atoms with E-state index in [9.17, 15) is 0 Å². The van der Waals surface area contributed by atoms with Gasteiger partial charge in [-0.1, -0.05) is 6.07 Å². The molecule has 3 aromatic heterocycles. The third kappa shape index (κ3) is 3.39. The van der Waals surface area contributed by atoms with Gasteiger partial charge in [0.15, 0.2) is 0 Å². The van der Waals surface area contributed by atoms with Crippen molar-refractivity contribution >= 4 is 17.2 Å². The highest BCUT2D eigenvalue weighted by Gasteiger charge is 2.25. The number of rotatable bonds is 4. The lowest BCUT2D eigenvalue weighted by atomic mass is 9.97. The lowest BCUT2D eigenvalue weighted by Crippen LogP contribution is -2.36. The molecule has 1 atom stereocenters. The first-order valence-electron chi connectivity index (χ1n) is 8.33. The summed E-state index contributed by atoms with van der Waals surface area (Å²) in [4.78, 5) is 15.7. The van der Waals surface area contributed by atoms with Gasteiger partial charge in [0.05, 0.1) is 17.7 Å². The van der Waals surface area contributed by atoms with Crippen LogP contribution in [0.15, 0.2) is 41.5 Å². The van der Waals surface area contributed by atoms with E-state index in [0.717, 1.165) is 49.8 Å². The van der Waals surface area contributed by atoms with Crippen molar-refractivity contribution in [3.05, 3.63) is 58.7 Å². The van der Waals surface area contributed by atoms with Crippen LogP contribution in [0, 0.1) is 11.3 Å². The summed E-state index contributed by atoms with van der Waals surface area (Å²) in [6.07, 6.45) is 6.10. The molecule has 7 heteroatoms. The zero-order valence-corrected chi connectivity index (χ0v) is 14.6. The summed E-state index contributed by atoms with van der Waals surface area (Å²) in [7, 11) is 0. The van der Waals surface area contributed by atoms with E-state index in [1.165, 1.54) is 0 Å². The normalized spacial score (nSPS) is 17.4. The number of thiazole rings is 1. The van der Waals surface area contributed by atoms with E-state index < -0.39 is 0 Å². The van der Waals surface area contributed by atoms with Crippen molar-refractivity contribution < 1.29 is 0 Å². The van der Waals surface area contributed by atoms with E-state index in [0.29, 0.717) is 11.6 Å². The van der Waals surface area contributed by atoms with Gasteiger partial charge >= 0.3 is 0 Å². The Morgan fingerprint density at radius 3 is 3.12 bits per heavy atom. The largest absolute Gasteiger partial charge is 0.356 e. The van der Waals surface area contributed by atoms with Crippen LogP contribution in [0.5, 0.6) is 0 Å². The predicted octanol–water partition coefficient (Wildman–Crippen LogP) is 3.04. The van der Waals surface area contributed by atoms with Gasteiger partial charge in [-0.25, -0.2) is 15.0 Å². The van der Waals surface area contributed by atoms with Crippen LogP contribution in [0.2, 0.25) is 0 Å². The highest BCUT2D eigenvalue weighted by atomic mass is 32.1. The molecule has 1 aliphatic heterocycles. The Bertz CT molecular complexity index is 879. The zero-order valence-electron chi connectivity index (χ0n) is 13.7. The third-order valence-electron chi connectivity index (χ3n) is 4.52. The van der Waals surface area contributed by atoms with Gasteiger partial charge in [-0.05, 0) is 25.0 Å². The second-order valence-electron chi connectivity index (χ2n) is 6.17. The Kier molecular flexibility index (Phi) is 4.44. The SMILES string of the molecule is N#Cc1cccc(N2CCCC(c3nccn3Cc3cscn3)C2)n1. The molecule has 6 nitrogen and oxygen atoms in total. The van der Waals surface area contributed by atoms with E-state index >= 15 is 0 Å². The molecule has 1 fully saturated rings. The molecule has 126 valence electrons. The molecule has 0 amide bonds. The van der Waals surface area contributed by atoms with Crippen LogP contribution in [0.4, 0.5) is 5.82 Å². The number of nitrogens with zero attached hydrogens (tertiary/aromatic N) is 6. The van der Waals surface area contributed by atoms with Gasteiger partial charge in [-0.3, -0.25) is 0 Å². The second-order valence-corrected chi connectivity index (χ2v) is 6.89. The number of imidazole rings is 1. The maximum Gasteiger partial charge on any atom is 0.142 e. The van der Waals surface area contributed by atoms with Crippen LogP contribution in [-0.2, 0) is 6.54 Å². The molecule has 1 aliphatic rings. The minimum Gasteiger partial charge on any atom is -0.356 e. The van der Waals surface area contributed by atoms with Crippen LogP contribution in [0.3, 0.4) is 0 Å². The highest BCUT2D eigenvalue weighted by Crippen LogP contribution is 2.28. The van der Waals surface area contributed by atoms with Crippen molar-refractivity contribution in [3.63, 3.8) is 0 Å². The maximum atomic E-state index is 9.07. The third-order valence-corrected chi connectivity index (χ3v) is 5.16. The van der Waals surface area contributed by atoms with Crippen LogP contribution in [0.1, 0.15) is 36.0 Å². The molecule has 4 rings (SSSR count). The van der Waals surface area contributed by atoms with Crippen LogP contribution >= 0.6 is 11.3 Å². The molecular formula is C18H18N6S. The summed E-state index contributed by atoms with van der Waals surface area (Å²) < 4.78 is 2.20. The maximum absolute atomic E-state index is 9.07. The molecule has 1 saturated heterocycles. The Hall–Kier alpha value is -2.72. The minimum atomic E-state index is 0.356. The summed E-state index contributed by atoms with van der Waals surface area (Å²) in [5, 5.41) is 11.1. The van der Waals surface area contributed by atoms with E-state index in [-0.39, 0.29) is 0 Å². The number of pyridine rings is 1. The molecule has 0 aromatic carbocycles. The molecule has 25 heavy (non-hydrogen) atoms. The number of hydrogen-bond acceptors (Lipinski definition) is 6. The van der Waals surface area contributed by atoms with Gasteiger partial charge in [0.2, 0.25) is 0 Å². The molecule has 0 saturated carbocycles. The Morgan fingerprint density at radius 1 is 1.32 bits per heavy atom. The average molecular weight is 350 g/mol. The minimum absolute atomic E-state index is 0.356. The molecule has 3 aromatic rings. The topological polar surface area (TPSA) is 70.6 Å². The van der Waals surface area contributed by atoms with E-state index in [1.54, 1.807) is 17.4 Å². The number of nitriles is 1. The zero-order chi connectivity index (χ0) is 17.1. The summed E-state index contributed by atoms with van der Waals surface area (Å²) in [6, 6.07) is 7.73. The quantitative estimate of drug-likeness (QED) is 0.723. The fourth-order valence-electron chi connectivity index (χ4n) is 3.36. The fourth-order valence-corrected chi connectivity index (χ4v) is 3.91. The second kappa shape index (κ2) is 7.03. The number of aromatic nitrogens is 4. The number of piperidine rings is 1. The summed E-state index contributed by atoms with van der Waals surface area (Å²) in [5.41, 5.74) is 3.40. The van der Waals surface area contributed by atoms with Crippen molar-refractivity contribution in [2.45, 2.75) is 25.3 Å². The summed E-state index contributed by atoms with van der Waals surface area (Å²) in [6.45, 7) is 2.60. The van der Waals surface area contributed by atoms with Gasteiger partial charge < -0.3 is 9.47 Å². The Morgan fingerprint density at radius 2 is 2.28 bits per heavy atom. The van der Waals surface area contributed by atoms with Gasteiger partial charge in [-0.15, -0.1) is 11.3 Å². The molecule has 1 unspecified atom stereocenters. The molecular weight excluding hydrogens is 332 g/mol. The lowest BCUT2D eigenvalue weighted by Gasteiger charge is -2.33. The fraction of sp³-hybridized carbons (Fsp3) is 0.333. The van der Waals surface area contributed by atoms with Crippen molar-refractivity contribution in [3.8, 4) is 6.07 Å². The monoisotopic (exact) mass is 350 g/mol. The lowest BCUT2D eigenvalue weighted by molar-refractivity contribution is 0.473. The van der Waals surface area contributed by atoms with Gasteiger partial charge in [-0.2, -0.15) is 5.26 Å². The van der Waals surface area contributed by atoms with Gasteiger partial charge in [0, 0.05) is 36.8 Å². The first kappa shape index (κ1) is 15.8. The predicted molar refractivity (Wildman–Crippen MR) is 96.6 cm³/mol. The van der Waals surface area contributed by atoms with E-state index in [1.807, 2.05) is 30.0 Å². The first-order chi connectivity index (χ1) is 12.3. The first-order valence-corrected chi connectivity index (χ1v) is 9.28. The van der Waals surface area contributed by atoms with Crippen molar-refractivity contribution in [1.82, 2.24) is 19.5 Å². The Labute approximate surface area is 150 Å². The van der Waals surface area contributed by atoms with Crippen molar-refractivity contribution in [1.29, 1.82) is 5.26 Å². The average Bonchev–Trinajstić information content (AvgIpc) is 3.34. The molecule has 0 bridgehead atoms. The summed E-state index contributed by atoms with van der Waals surface area (Å²) >= 11 is 1.62. The molecule has 0 aliphatic carbocycles. The van der Waals surface area contributed by atoms with Gasteiger partial charge in [0.25, 0.3) is 0 Å². The van der Waals surface area contributed by atoms with Crippen molar-refractivity contribution in [2.24, 2.45) is 0 Å². The summed E-state index contributed by atoms with van der Waals surface area (Å²) in [5.74, 6) is 2.34. The van der Waals surface area contributed by atoms with Crippen LogP contribution in [0.25, 0.3) is 0 Å². The van der Waals surface area contributed by atoms with E-state index in [4.69, 9.17) is 5.26 Å². The Balaban J connectivity index is 1.54. The van der Waals surface area contributed by atoms with Crippen molar-refractivity contribution in [2.75, 3.05) is 18.0 Å². The molecule has 0 spiro atoms. The number of anilines is 1. The standard InChI is InChI=1S/C18H18N6S/c19-9-15-4-1-5-17(22-15)23-7-2-3-14(10-23)18-20-6-8-24(18)11-16-12-25-13-21-16/h1,4-6,8,12-14H,2-3,7,10-11H2. The molecule has 0 radical (unpaired) electrons. The highest BCUT2D eigenvalue weighted by molar-refractivity contribution is 7.07. The van der Waals surface area contributed by atoms with E-state index in [2.05, 4.69) is 35.9 Å². The molecule has 4 heterocycles. The van der Waals surface area contributed by atoms with Crippen LogP contribution in [-0.4, -0.2) is 32.6 Å². The molecule has 0 N–H and O–H groups in total. The van der Waals surface area contributed by atoms with Gasteiger partial charge in [0.1, 0.15) is 23.4 Å². The number of hydrogen-bond donors (Lipinski definition) is 0.